The number of para-hydroxylation sites is 2. The van der Waals surface area contributed by atoms with Crippen molar-refractivity contribution in [2.75, 3.05) is 5.32 Å². The Hall–Kier alpha value is -3.12. The molecule has 3 heterocycles. The van der Waals surface area contributed by atoms with Crippen LogP contribution in [0.3, 0.4) is 0 Å². The first-order valence-corrected chi connectivity index (χ1v) is 8.98. The van der Waals surface area contributed by atoms with Gasteiger partial charge in [0.25, 0.3) is 5.56 Å². The Morgan fingerprint density at radius 3 is 2.78 bits per heavy atom. The van der Waals surface area contributed by atoms with Crippen molar-refractivity contribution in [3.8, 4) is 0 Å². The summed E-state index contributed by atoms with van der Waals surface area (Å²) in [4.78, 5) is 30.3. The number of anilines is 1. The number of carbonyl (C=O) groups is 1. The number of rotatable bonds is 1. The third-order valence-corrected chi connectivity index (χ3v) is 5.34. The Balaban J connectivity index is 1.92. The summed E-state index contributed by atoms with van der Waals surface area (Å²) in [6.45, 7) is 0. The molecule has 7 heteroatoms. The number of nitrogens with one attached hydrogen (secondary N) is 1. The highest BCUT2D eigenvalue weighted by Gasteiger charge is 2.33. The second-order valence-electron chi connectivity index (χ2n) is 6.72. The molecule has 5 rings (SSSR count). The maximum absolute atomic E-state index is 13.2. The maximum Gasteiger partial charge on any atom is 0.260 e. The molecule has 0 bridgehead atoms. The fourth-order valence-electron chi connectivity index (χ4n) is 3.87. The lowest BCUT2D eigenvalue weighted by atomic mass is 9.87. The average molecular weight is 379 g/mol. The average Bonchev–Trinajstić information content (AvgIpc) is 3.05. The number of carbonyl (C=O) groups excluding carboxylic acids is 1. The van der Waals surface area contributed by atoms with E-state index in [0.717, 1.165) is 16.6 Å². The van der Waals surface area contributed by atoms with Crippen molar-refractivity contribution in [2.24, 2.45) is 7.05 Å². The van der Waals surface area contributed by atoms with E-state index in [1.165, 1.54) is 4.57 Å². The van der Waals surface area contributed by atoms with Crippen molar-refractivity contribution in [1.82, 2.24) is 14.0 Å². The van der Waals surface area contributed by atoms with E-state index in [9.17, 15) is 9.59 Å². The van der Waals surface area contributed by atoms with Crippen LogP contribution >= 0.6 is 11.6 Å². The standard InChI is InChI=1S/C20H15ClN4O2/c1-24-19(27)17-13(11-5-4-6-12(21)9-11)10-16(26)23-18(17)25-15-8-3-2-7-14(15)22-20(24)25/h2-9,13H,10H2,1H3,(H,23,26)/t13-/m1/s1. The van der Waals surface area contributed by atoms with Gasteiger partial charge < -0.3 is 5.32 Å². The van der Waals surface area contributed by atoms with Crippen molar-refractivity contribution in [2.45, 2.75) is 12.3 Å². The number of amides is 1. The van der Waals surface area contributed by atoms with E-state index in [2.05, 4.69) is 10.3 Å². The minimum Gasteiger partial charge on any atom is -0.311 e. The maximum atomic E-state index is 13.2. The molecule has 27 heavy (non-hydrogen) atoms. The zero-order valence-electron chi connectivity index (χ0n) is 14.4. The molecule has 0 saturated carbocycles. The highest BCUT2D eigenvalue weighted by Crippen LogP contribution is 2.37. The Morgan fingerprint density at radius 2 is 1.96 bits per heavy atom. The normalized spacial score (nSPS) is 16.5. The summed E-state index contributed by atoms with van der Waals surface area (Å²) < 4.78 is 3.38. The minimum atomic E-state index is -0.364. The molecule has 0 spiro atoms. The number of hydrogen-bond acceptors (Lipinski definition) is 3. The van der Waals surface area contributed by atoms with Gasteiger partial charge in [0.05, 0.1) is 16.6 Å². The van der Waals surface area contributed by atoms with Crippen molar-refractivity contribution in [3.63, 3.8) is 0 Å². The third kappa shape index (κ3) is 2.30. The number of imidazole rings is 1. The summed E-state index contributed by atoms with van der Waals surface area (Å²) in [5.41, 5.74) is 2.83. The largest absolute Gasteiger partial charge is 0.311 e. The lowest BCUT2D eigenvalue weighted by Crippen LogP contribution is -2.35. The molecule has 1 atom stereocenters. The van der Waals surface area contributed by atoms with Gasteiger partial charge in [0.1, 0.15) is 5.82 Å². The third-order valence-electron chi connectivity index (χ3n) is 5.10. The molecule has 1 aliphatic rings. The number of benzene rings is 2. The van der Waals surface area contributed by atoms with Crippen LogP contribution in [0.2, 0.25) is 5.02 Å². The van der Waals surface area contributed by atoms with E-state index in [1.807, 2.05) is 46.9 Å². The smallest absolute Gasteiger partial charge is 0.260 e. The van der Waals surface area contributed by atoms with Crippen LogP contribution in [0.5, 0.6) is 0 Å². The summed E-state index contributed by atoms with van der Waals surface area (Å²) in [6, 6.07) is 14.9. The summed E-state index contributed by atoms with van der Waals surface area (Å²) in [7, 11) is 1.70. The Bertz CT molecular complexity index is 1300. The quantitative estimate of drug-likeness (QED) is 0.552. The molecule has 1 N–H and O–H groups in total. The lowest BCUT2D eigenvalue weighted by molar-refractivity contribution is -0.116. The Kier molecular flexibility index (Phi) is 3.39. The van der Waals surface area contributed by atoms with E-state index in [-0.39, 0.29) is 23.8 Å². The van der Waals surface area contributed by atoms with Gasteiger partial charge in [-0.2, -0.15) is 0 Å². The van der Waals surface area contributed by atoms with Gasteiger partial charge in [-0.15, -0.1) is 0 Å². The summed E-state index contributed by atoms with van der Waals surface area (Å²) in [5, 5.41) is 3.48. The van der Waals surface area contributed by atoms with Crippen LogP contribution in [0, 0.1) is 0 Å². The number of halogens is 1. The zero-order chi connectivity index (χ0) is 18.7. The van der Waals surface area contributed by atoms with Gasteiger partial charge in [0.2, 0.25) is 11.7 Å². The molecule has 4 aromatic rings. The van der Waals surface area contributed by atoms with Crippen molar-refractivity contribution in [3.05, 3.63) is 75.0 Å². The van der Waals surface area contributed by atoms with Crippen molar-refractivity contribution >= 4 is 40.1 Å². The van der Waals surface area contributed by atoms with E-state index in [0.29, 0.717) is 22.2 Å². The molecule has 0 saturated heterocycles. The lowest BCUT2D eigenvalue weighted by Gasteiger charge is -2.27. The van der Waals surface area contributed by atoms with Gasteiger partial charge in [-0.3, -0.25) is 18.6 Å². The molecular formula is C20H15ClN4O2. The Morgan fingerprint density at radius 1 is 1.15 bits per heavy atom. The fourth-order valence-corrected chi connectivity index (χ4v) is 4.07. The molecular weight excluding hydrogens is 364 g/mol. The molecule has 0 fully saturated rings. The van der Waals surface area contributed by atoms with Crippen molar-refractivity contribution < 1.29 is 4.79 Å². The molecule has 2 aromatic heterocycles. The number of aromatic nitrogens is 3. The van der Waals surface area contributed by atoms with Gasteiger partial charge >= 0.3 is 0 Å². The predicted molar refractivity (Wildman–Crippen MR) is 104 cm³/mol. The van der Waals surface area contributed by atoms with Crippen LogP contribution < -0.4 is 10.9 Å². The van der Waals surface area contributed by atoms with Gasteiger partial charge in [0, 0.05) is 24.4 Å². The molecule has 2 aromatic carbocycles. The van der Waals surface area contributed by atoms with Gasteiger partial charge in [-0.05, 0) is 29.8 Å². The summed E-state index contributed by atoms with van der Waals surface area (Å²) in [6.07, 6.45) is 0.195. The first kappa shape index (κ1) is 16.1. The van der Waals surface area contributed by atoms with Crippen molar-refractivity contribution in [1.29, 1.82) is 0 Å². The van der Waals surface area contributed by atoms with Crippen LogP contribution in [0.25, 0.3) is 16.8 Å². The second-order valence-corrected chi connectivity index (χ2v) is 7.16. The van der Waals surface area contributed by atoms with Gasteiger partial charge in [-0.25, -0.2) is 4.98 Å². The van der Waals surface area contributed by atoms with Crippen LogP contribution in [0.4, 0.5) is 5.82 Å². The first-order chi connectivity index (χ1) is 13.0. The molecule has 0 radical (unpaired) electrons. The van der Waals surface area contributed by atoms with Crippen LogP contribution in [-0.2, 0) is 11.8 Å². The SMILES string of the molecule is Cn1c(=O)c2c(n3c4ccccc4nc13)NC(=O)C[C@@H]2c1cccc(Cl)c1. The van der Waals surface area contributed by atoms with E-state index >= 15 is 0 Å². The van der Waals surface area contributed by atoms with E-state index in [4.69, 9.17) is 11.6 Å². The monoisotopic (exact) mass is 378 g/mol. The number of nitrogens with zero attached hydrogens (tertiary/aromatic N) is 3. The number of hydrogen-bond donors (Lipinski definition) is 1. The minimum absolute atomic E-state index is 0.139. The number of fused-ring (bicyclic) bond motifs is 5. The molecule has 6 nitrogen and oxygen atoms in total. The van der Waals surface area contributed by atoms with Crippen LogP contribution in [0.1, 0.15) is 23.5 Å². The molecule has 134 valence electrons. The topological polar surface area (TPSA) is 68.4 Å². The Labute approximate surface area is 159 Å². The molecule has 0 unspecified atom stereocenters. The van der Waals surface area contributed by atoms with E-state index < -0.39 is 0 Å². The van der Waals surface area contributed by atoms with Gasteiger partial charge in [0.15, 0.2) is 0 Å². The highest BCUT2D eigenvalue weighted by molar-refractivity contribution is 6.30. The molecule has 0 aliphatic carbocycles. The summed E-state index contributed by atoms with van der Waals surface area (Å²) >= 11 is 6.16. The van der Waals surface area contributed by atoms with E-state index in [1.54, 1.807) is 13.1 Å². The predicted octanol–water partition coefficient (Wildman–Crippen LogP) is 3.31. The number of aryl methyl sites for hydroxylation is 1. The fraction of sp³-hybridized carbons (Fsp3) is 0.150. The van der Waals surface area contributed by atoms with Gasteiger partial charge in [-0.1, -0.05) is 35.9 Å². The van der Waals surface area contributed by atoms with Crippen LogP contribution in [0.15, 0.2) is 53.3 Å². The zero-order valence-corrected chi connectivity index (χ0v) is 15.2. The molecule has 1 aliphatic heterocycles. The van der Waals surface area contributed by atoms with Crippen LogP contribution in [-0.4, -0.2) is 19.9 Å². The second kappa shape index (κ2) is 5.69. The highest BCUT2D eigenvalue weighted by atomic mass is 35.5. The first-order valence-electron chi connectivity index (χ1n) is 8.60. The summed E-state index contributed by atoms with van der Waals surface area (Å²) in [5.74, 6) is 0.478. The molecule has 1 amide bonds.